The van der Waals surface area contributed by atoms with E-state index >= 15 is 0 Å². The zero-order valence-corrected chi connectivity index (χ0v) is 18.8. The van der Waals surface area contributed by atoms with Gasteiger partial charge in [0.15, 0.2) is 11.5 Å². The van der Waals surface area contributed by atoms with Crippen molar-refractivity contribution in [2.45, 2.75) is 6.61 Å². The molecule has 6 heteroatoms. The lowest BCUT2D eigenvalue weighted by molar-refractivity contribution is 0.293. The van der Waals surface area contributed by atoms with Crippen LogP contribution in [0, 0.1) is 0 Å². The fourth-order valence-corrected chi connectivity index (χ4v) is 3.36. The van der Waals surface area contributed by atoms with E-state index in [2.05, 4.69) is 4.98 Å². The predicted molar refractivity (Wildman–Crippen MR) is 127 cm³/mol. The summed E-state index contributed by atoms with van der Waals surface area (Å²) in [7, 11) is 4.77. The molecule has 0 bridgehead atoms. The number of para-hydroxylation sites is 1. The molecule has 0 saturated carbocycles. The molecular weight excluding hydrogens is 418 g/mol. The van der Waals surface area contributed by atoms with E-state index in [0.717, 1.165) is 28.2 Å². The molecule has 0 fully saturated rings. The van der Waals surface area contributed by atoms with Gasteiger partial charge in [-0.1, -0.05) is 30.3 Å². The SMILES string of the molecule is COc1cc(-c2ccc(OCc3cccc(Oc4ccccc4)c3)nc2)cc(OC)c1OC. The number of ether oxygens (including phenoxy) is 5. The normalized spacial score (nSPS) is 10.4. The van der Waals surface area contributed by atoms with Crippen molar-refractivity contribution in [2.24, 2.45) is 0 Å². The van der Waals surface area contributed by atoms with E-state index in [1.165, 1.54) is 0 Å². The van der Waals surface area contributed by atoms with Crippen molar-refractivity contribution in [3.05, 3.63) is 90.6 Å². The van der Waals surface area contributed by atoms with Gasteiger partial charge in [-0.05, 0) is 53.6 Å². The number of benzene rings is 3. The summed E-state index contributed by atoms with van der Waals surface area (Å²) in [6.07, 6.45) is 1.75. The van der Waals surface area contributed by atoms with Gasteiger partial charge in [0.1, 0.15) is 18.1 Å². The lowest BCUT2D eigenvalue weighted by atomic mass is 10.1. The topological polar surface area (TPSA) is 59.0 Å². The summed E-state index contributed by atoms with van der Waals surface area (Å²) >= 11 is 0. The Bertz CT molecular complexity index is 1170. The summed E-state index contributed by atoms with van der Waals surface area (Å²) in [5.41, 5.74) is 2.79. The van der Waals surface area contributed by atoms with Crippen LogP contribution < -0.4 is 23.7 Å². The van der Waals surface area contributed by atoms with Crippen LogP contribution in [-0.2, 0) is 6.61 Å². The molecule has 33 heavy (non-hydrogen) atoms. The van der Waals surface area contributed by atoms with Crippen LogP contribution in [0.4, 0.5) is 0 Å². The number of aromatic nitrogens is 1. The predicted octanol–water partition coefficient (Wildman–Crippen LogP) is 6.15. The van der Waals surface area contributed by atoms with Gasteiger partial charge in [-0.3, -0.25) is 0 Å². The lowest BCUT2D eigenvalue weighted by Crippen LogP contribution is -1.98. The van der Waals surface area contributed by atoms with Crippen molar-refractivity contribution in [3.8, 4) is 45.8 Å². The Morgan fingerprint density at radius 2 is 1.39 bits per heavy atom. The second kappa shape index (κ2) is 10.4. The fourth-order valence-electron chi connectivity index (χ4n) is 3.36. The van der Waals surface area contributed by atoms with Crippen LogP contribution in [0.1, 0.15) is 5.56 Å². The van der Waals surface area contributed by atoms with E-state index in [0.29, 0.717) is 29.7 Å². The van der Waals surface area contributed by atoms with Crippen LogP contribution in [-0.4, -0.2) is 26.3 Å². The van der Waals surface area contributed by atoms with E-state index in [9.17, 15) is 0 Å². The van der Waals surface area contributed by atoms with Gasteiger partial charge in [-0.25, -0.2) is 4.98 Å². The van der Waals surface area contributed by atoms with Crippen molar-refractivity contribution in [1.29, 1.82) is 0 Å². The summed E-state index contributed by atoms with van der Waals surface area (Å²) in [6, 6.07) is 25.0. The zero-order valence-electron chi connectivity index (χ0n) is 18.8. The second-order valence-corrected chi connectivity index (χ2v) is 7.15. The quantitative estimate of drug-likeness (QED) is 0.309. The Labute approximate surface area is 193 Å². The Kier molecular flexibility index (Phi) is 6.95. The molecule has 0 amide bonds. The van der Waals surface area contributed by atoms with Crippen molar-refractivity contribution in [1.82, 2.24) is 4.98 Å². The smallest absolute Gasteiger partial charge is 0.213 e. The highest BCUT2D eigenvalue weighted by atomic mass is 16.5. The Morgan fingerprint density at radius 1 is 0.667 bits per heavy atom. The summed E-state index contributed by atoms with van der Waals surface area (Å²) in [4.78, 5) is 4.45. The van der Waals surface area contributed by atoms with Crippen LogP contribution in [0.2, 0.25) is 0 Å². The van der Waals surface area contributed by atoms with E-state index in [1.807, 2.05) is 78.9 Å². The maximum absolute atomic E-state index is 5.89. The fraction of sp³-hybridized carbons (Fsp3) is 0.148. The molecule has 3 aromatic carbocycles. The van der Waals surface area contributed by atoms with Crippen LogP contribution in [0.3, 0.4) is 0 Å². The van der Waals surface area contributed by atoms with E-state index < -0.39 is 0 Å². The molecule has 4 aromatic rings. The molecule has 4 rings (SSSR count). The van der Waals surface area contributed by atoms with Gasteiger partial charge in [0.25, 0.3) is 0 Å². The van der Waals surface area contributed by atoms with Crippen molar-refractivity contribution >= 4 is 0 Å². The number of nitrogens with zero attached hydrogens (tertiary/aromatic N) is 1. The van der Waals surface area contributed by atoms with Gasteiger partial charge in [-0.2, -0.15) is 0 Å². The summed E-state index contributed by atoms with van der Waals surface area (Å²) in [5.74, 6) is 3.80. The molecule has 0 aliphatic carbocycles. The van der Waals surface area contributed by atoms with Gasteiger partial charge in [0, 0.05) is 17.8 Å². The number of methoxy groups -OCH3 is 3. The number of rotatable bonds is 9. The van der Waals surface area contributed by atoms with E-state index in [1.54, 1.807) is 27.5 Å². The zero-order chi connectivity index (χ0) is 23.0. The van der Waals surface area contributed by atoms with Crippen molar-refractivity contribution in [2.75, 3.05) is 21.3 Å². The van der Waals surface area contributed by atoms with Crippen molar-refractivity contribution < 1.29 is 23.7 Å². The molecule has 1 aromatic heterocycles. The number of pyridine rings is 1. The standard InChI is InChI=1S/C27H25NO5/c1-29-24-15-21(16-25(30-2)27(24)31-3)20-12-13-26(28-17-20)32-18-19-8-7-11-23(14-19)33-22-9-5-4-6-10-22/h4-17H,18H2,1-3H3. The molecule has 0 N–H and O–H groups in total. The van der Waals surface area contributed by atoms with Crippen LogP contribution in [0.25, 0.3) is 11.1 Å². The molecule has 0 spiro atoms. The average Bonchev–Trinajstić information content (AvgIpc) is 2.87. The van der Waals surface area contributed by atoms with E-state index in [-0.39, 0.29) is 0 Å². The Balaban J connectivity index is 1.44. The third-order valence-corrected chi connectivity index (χ3v) is 5.00. The highest BCUT2D eigenvalue weighted by Crippen LogP contribution is 2.41. The summed E-state index contributed by atoms with van der Waals surface area (Å²) < 4.78 is 28.0. The van der Waals surface area contributed by atoms with Gasteiger partial charge in [-0.15, -0.1) is 0 Å². The number of hydrogen-bond donors (Lipinski definition) is 0. The van der Waals surface area contributed by atoms with Gasteiger partial charge in [0.2, 0.25) is 11.6 Å². The van der Waals surface area contributed by atoms with Gasteiger partial charge >= 0.3 is 0 Å². The van der Waals surface area contributed by atoms with Gasteiger partial charge in [0.05, 0.1) is 21.3 Å². The molecule has 0 atom stereocenters. The molecule has 0 unspecified atom stereocenters. The highest BCUT2D eigenvalue weighted by molar-refractivity contribution is 5.70. The Morgan fingerprint density at radius 3 is 2.03 bits per heavy atom. The molecule has 0 radical (unpaired) electrons. The summed E-state index contributed by atoms with van der Waals surface area (Å²) in [5, 5.41) is 0. The minimum Gasteiger partial charge on any atom is -0.493 e. The molecule has 0 aliphatic heterocycles. The monoisotopic (exact) mass is 443 g/mol. The highest BCUT2D eigenvalue weighted by Gasteiger charge is 2.14. The molecule has 6 nitrogen and oxygen atoms in total. The van der Waals surface area contributed by atoms with Crippen molar-refractivity contribution in [3.63, 3.8) is 0 Å². The first kappa shape index (κ1) is 22.0. The molecule has 168 valence electrons. The molecular formula is C27H25NO5. The molecule has 0 aliphatic rings. The molecule has 0 saturated heterocycles. The first-order chi connectivity index (χ1) is 16.2. The first-order valence-electron chi connectivity index (χ1n) is 10.4. The van der Waals surface area contributed by atoms with Crippen LogP contribution in [0.5, 0.6) is 34.6 Å². The second-order valence-electron chi connectivity index (χ2n) is 7.15. The maximum Gasteiger partial charge on any atom is 0.213 e. The largest absolute Gasteiger partial charge is 0.493 e. The average molecular weight is 443 g/mol. The maximum atomic E-state index is 5.89. The van der Waals surface area contributed by atoms with Gasteiger partial charge < -0.3 is 23.7 Å². The summed E-state index contributed by atoms with van der Waals surface area (Å²) in [6.45, 7) is 0.377. The lowest BCUT2D eigenvalue weighted by Gasteiger charge is -2.14. The Hall–Kier alpha value is -4.19. The molecule has 1 heterocycles. The minimum absolute atomic E-state index is 0.377. The minimum atomic E-state index is 0.377. The van der Waals surface area contributed by atoms with Crippen LogP contribution in [0.15, 0.2) is 85.1 Å². The first-order valence-corrected chi connectivity index (χ1v) is 10.4. The third kappa shape index (κ3) is 5.36. The van der Waals surface area contributed by atoms with Crippen LogP contribution >= 0.6 is 0 Å². The van der Waals surface area contributed by atoms with E-state index in [4.69, 9.17) is 23.7 Å². The number of hydrogen-bond acceptors (Lipinski definition) is 6. The third-order valence-electron chi connectivity index (χ3n) is 5.00.